The highest BCUT2D eigenvalue weighted by Crippen LogP contribution is 2.70. The van der Waals surface area contributed by atoms with Gasteiger partial charge in [0, 0.05) is 27.8 Å². The highest BCUT2D eigenvalue weighted by molar-refractivity contribution is 8.26. The van der Waals surface area contributed by atoms with Gasteiger partial charge in [-0.2, -0.15) is 0 Å². The first-order chi connectivity index (χ1) is 18.5. The van der Waals surface area contributed by atoms with E-state index in [1.54, 1.807) is 6.07 Å². The van der Waals surface area contributed by atoms with Gasteiger partial charge in [0.1, 0.15) is 24.5 Å². The van der Waals surface area contributed by atoms with Crippen molar-refractivity contribution in [1.29, 1.82) is 0 Å². The third kappa shape index (κ3) is 4.70. The fourth-order valence-electron chi connectivity index (χ4n) is 4.49. The average Bonchev–Trinajstić information content (AvgIpc) is 3.31. The molecule has 13 heteroatoms. The predicted molar refractivity (Wildman–Crippen MR) is 150 cm³/mol. The average molecular weight is 594 g/mol. The number of rotatable bonds is 6. The van der Waals surface area contributed by atoms with Crippen LogP contribution in [-0.4, -0.2) is 68.5 Å². The van der Waals surface area contributed by atoms with Crippen LogP contribution in [0.15, 0.2) is 43.4 Å². The summed E-state index contributed by atoms with van der Waals surface area (Å²) in [5.41, 5.74) is 1.21. The summed E-state index contributed by atoms with van der Waals surface area (Å²) in [4.78, 5) is 53.1. The van der Waals surface area contributed by atoms with Crippen LogP contribution in [-0.2, 0) is 38.1 Å². The number of benzene rings is 1. The topological polar surface area (TPSA) is 126 Å². The van der Waals surface area contributed by atoms with Gasteiger partial charge in [0.05, 0.1) is 46.2 Å². The van der Waals surface area contributed by atoms with Crippen molar-refractivity contribution in [2.24, 2.45) is 0 Å². The van der Waals surface area contributed by atoms with Crippen LogP contribution >= 0.6 is 35.3 Å². The molecular formula is C26H27NO9S3. The van der Waals surface area contributed by atoms with Crippen molar-refractivity contribution in [1.82, 2.24) is 0 Å². The fourth-order valence-corrected chi connectivity index (χ4v) is 9.51. The Morgan fingerprint density at radius 1 is 0.821 bits per heavy atom. The van der Waals surface area contributed by atoms with Gasteiger partial charge in [-0.15, -0.1) is 0 Å². The van der Waals surface area contributed by atoms with E-state index in [0.29, 0.717) is 34.1 Å². The maximum absolute atomic E-state index is 13.5. The van der Waals surface area contributed by atoms with Crippen LogP contribution in [0.4, 0.5) is 5.69 Å². The summed E-state index contributed by atoms with van der Waals surface area (Å²) in [5, 5.41) is 3.50. The Morgan fingerprint density at radius 3 is 1.87 bits per heavy atom. The van der Waals surface area contributed by atoms with Crippen LogP contribution in [0.2, 0.25) is 0 Å². The summed E-state index contributed by atoms with van der Waals surface area (Å²) in [5.74, 6) is -2.50. The van der Waals surface area contributed by atoms with E-state index in [-0.39, 0.29) is 20.3 Å². The van der Waals surface area contributed by atoms with E-state index in [4.69, 9.17) is 23.7 Å². The van der Waals surface area contributed by atoms with Crippen LogP contribution in [0.3, 0.4) is 0 Å². The lowest BCUT2D eigenvalue weighted by Gasteiger charge is -2.46. The van der Waals surface area contributed by atoms with Gasteiger partial charge in [-0.05, 0) is 32.9 Å². The van der Waals surface area contributed by atoms with Crippen LogP contribution in [0.25, 0.3) is 5.57 Å². The number of esters is 4. The largest absolute Gasteiger partial charge is 0.494 e. The zero-order chi connectivity index (χ0) is 28.7. The number of carbonyl (C=O) groups is 4. The Labute approximate surface area is 238 Å². The third-order valence-corrected chi connectivity index (χ3v) is 10.8. The first-order valence-corrected chi connectivity index (χ1v) is 14.1. The monoisotopic (exact) mass is 593 g/mol. The molecular weight excluding hydrogens is 566 g/mol. The highest BCUT2D eigenvalue weighted by atomic mass is 32.2. The fraction of sp³-hybridized carbons (Fsp3) is 0.385. The maximum atomic E-state index is 13.5. The van der Waals surface area contributed by atoms with Gasteiger partial charge in [0.15, 0.2) is 0 Å². The van der Waals surface area contributed by atoms with E-state index in [9.17, 15) is 19.2 Å². The molecule has 1 spiro atoms. The van der Waals surface area contributed by atoms with E-state index < -0.39 is 33.5 Å². The Balaban J connectivity index is 2.10. The summed E-state index contributed by atoms with van der Waals surface area (Å²) in [6, 6.07) is 5.48. The minimum absolute atomic E-state index is 0.0114. The first kappa shape index (κ1) is 29.0. The van der Waals surface area contributed by atoms with Gasteiger partial charge in [-0.1, -0.05) is 35.3 Å². The zero-order valence-corrected chi connectivity index (χ0v) is 24.8. The van der Waals surface area contributed by atoms with E-state index in [1.165, 1.54) is 28.4 Å². The number of fused-ring (bicyclic) bond motifs is 3. The molecule has 0 saturated carbocycles. The molecule has 0 saturated heterocycles. The summed E-state index contributed by atoms with van der Waals surface area (Å²) >= 11 is 2.96. The summed E-state index contributed by atoms with van der Waals surface area (Å²) in [6.07, 6.45) is 0. The second-order valence-electron chi connectivity index (χ2n) is 8.85. The molecule has 208 valence electrons. The minimum Gasteiger partial charge on any atom is -0.494 e. The standard InChI is InChI=1S/C26H27NO9S3/c1-8-36-12-9-10-13-14(11-12)27-25(2,3)20-15(13)26(16(21(28)32-4)17(37-20)22(29)33-5)38-18(23(30)34-6)19(39-26)24(31)35-7/h9-11,27H,8H2,1-7H3. The van der Waals surface area contributed by atoms with Gasteiger partial charge in [-0.3, -0.25) is 0 Å². The molecule has 0 aliphatic carbocycles. The van der Waals surface area contributed by atoms with Crippen LogP contribution in [0.5, 0.6) is 5.75 Å². The SMILES string of the molecule is CCOc1ccc2c(c1)NC(C)(C)C1=C2C2(SC(C(=O)OC)=C(C(=O)OC)S2)C(C(=O)OC)=C(C(=O)OC)S1. The second-order valence-corrected chi connectivity index (χ2v) is 12.6. The molecule has 0 aromatic heterocycles. The van der Waals surface area contributed by atoms with Crippen LogP contribution < -0.4 is 10.1 Å². The normalized spacial score (nSPS) is 18.6. The summed E-state index contributed by atoms with van der Waals surface area (Å²) < 4.78 is 24.4. The Bertz CT molecular complexity index is 1350. The van der Waals surface area contributed by atoms with Crippen molar-refractivity contribution >= 4 is 70.4 Å². The van der Waals surface area contributed by atoms with Crippen molar-refractivity contribution in [3.63, 3.8) is 0 Å². The molecule has 0 fully saturated rings. The maximum Gasteiger partial charge on any atom is 0.345 e. The summed E-state index contributed by atoms with van der Waals surface area (Å²) in [7, 11) is 4.79. The quantitative estimate of drug-likeness (QED) is 0.376. The molecule has 3 heterocycles. The van der Waals surface area contributed by atoms with E-state index in [0.717, 1.165) is 35.3 Å². The third-order valence-electron chi connectivity index (χ3n) is 6.10. The smallest absolute Gasteiger partial charge is 0.345 e. The van der Waals surface area contributed by atoms with E-state index >= 15 is 0 Å². The number of hydrogen-bond acceptors (Lipinski definition) is 13. The van der Waals surface area contributed by atoms with Crippen molar-refractivity contribution in [3.8, 4) is 5.75 Å². The van der Waals surface area contributed by atoms with Crippen LogP contribution in [0.1, 0.15) is 26.3 Å². The number of carbonyl (C=O) groups excluding carboxylic acids is 4. The molecule has 10 nitrogen and oxygen atoms in total. The molecule has 0 radical (unpaired) electrons. The second kappa shape index (κ2) is 10.9. The number of anilines is 1. The Hall–Kier alpha value is -3.03. The Morgan fingerprint density at radius 2 is 1.36 bits per heavy atom. The predicted octanol–water partition coefficient (Wildman–Crippen LogP) is 4.08. The van der Waals surface area contributed by atoms with Crippen molar-refractivity contribution < 1.29 is 42.9 Å². The lowest BCUT2D eigenvalue weighted by molar-refractivity contribution is -0.138. The molecule has 1 aromatic rings. The van der Waals surface area contributed by atoms with Crippen LogP contribution in [0, 0.1) is 0 Å². The molecule has 0 amide bonds. The van der Waals surface area contributed by atoms with Crippen molar-refractivity contribution in [2.45, 2.75) is 30.4 Å². The Kier molecular flexibility index (Phi) is 8.06. The number of ether oxygens (including phenoxy) is 5. The van der Waals surface area contributed by atoms with Gasteiger partial charge in [0.25, 0.3) is 0 Å². The van der Waals surface area contributed by atoms with Gasteiger partial charge in [0.2, 0.25) is 0 Å². The molecule has 39 heavy (non-hydrogen) atoms. The number of nitrogens with one attached hydrogen (secondary N) is 1. The van der Waals surface area contributed by atoms with Gasteiger partial charge < -0.3 is 29.0 Å². The number of hydrogen-bond donors (Lipinski definition) is 1. The molecule has 0 bridgehead atoms. The lowest BCUT2D eigenvalue weighted by atomic mass is 9.85. The van der Waals surface area contributed by atoms with Crippen molar-refractivity contribution in [3.05, 3.63) is 49.0 Å². The first-order valence-electron chi connectivity index (χ1n) is 11.7. The number of methoxy groups -OCH3 is 4. The van der Waals surface area contributed by atoms with Gasteiger partial charge >= 0.3 is 23.9 Å². The van der Waals surface area contributed by atoms with E-state index in [2.05, 4.69) is 5.32 Å². The molecule has 1 N–H and O–H groups in total. The number of thioether (sulfide) groups is 3. The molecule has 3 aliphatic heterocycles. The van der Waals surface area contributed by atoms with Gasteiger partial charge in [-0.25, -0.2) is 19.2 Å². The summed E-state index contributed by atoms with van der Waals surface area (Å²) in [6.45, 7) is 6.20. The molecule has 0 unspecified atom stereocenters. The lowest BCUT2D eigenvalue weighted by Crippen LogP contribution is -2.44. The highest BCUT2D eigenvalue weighted by Gasteiger charge is 2.60. The minimum atomic E-state index is -1.51. The zero-order valence-electron chi connectivity index (χ0n) is 22.3. The molecule has 1 aromatic carbocycles. The molecule has 4 rings (SSSR count). The molecule has 0 atom stereocenters. The molecule has 3 aliphatic rings. The van der Waals surface area contributed by atoms with Crippen molar-refractivity contribution in [2.75, 3.05) is 40.4 Å². The van der Waals surface area contributed by atoms with E-state index in [1.807, 2.05) is 32.9 Å².